The maximum Gasteiger partial charge on any atom is 0.335 e. The van der Waals surface area contributed by atoms with E-state index < -0.39 is 5.97 Å². The van der Waals surface area contributed by atoms with Gasteiger partial charge in [-0.05, 0) is 127 Å². The Hall–Kier alpha value is -3.17. The van der Waals surface area contributed by atoms with Crippen molar-refractivity contribution in [1.29, 1.82) is 0 Å². The molecule has 0 amide bonds. The van der Waals surface area contributed by atoms with Crippen LogP contribution in [-0.2, 0) is 6.42 Å². The van der Waals surface area contributed by atoms with E-state index in [2.05, 4.69) is 49.4 Å². The summed E-state index contributed by atoms with van der Waals surface area (Å²) in [5.41, 5.74) is 12.0. The Balaban J connectivity index is 1.57. The molecule has 3 aromatic rings. The Morgan fingerprint density at radius 3 is 2.47 bits per heavy atom. The molecule has 0 radical (unpaired) electrons. The lowest BCUT2D eigenvalue weighted by atomic mass is 9.77. The maximum atomic E-state index is 12.5. The predicted octanol–water partition coefficient (Wildman–Crippen LogP) is 9.49. The molecule has 2 aliphatic carbocycles. The molecule has 4 heteroatoms. The second kappa shape index (κ2) is 11.3. The smallest absolute Gasteiger partial charge is 0.335 e. The molecule has 196 valence electrons. The first-order valence-corrected chi connectivity index (χ1v) is 13.9. The number of carboxylic acids is 1. The monoisotopic (exact) mass is 528 g/mol. The maximum absolute atomic E-state index is 12.5. The van der Waals surface area contributed by atoms with Gasteiger partial charge in [0.25, 0.3) is 0 Å². The fraction of sp³-hybridized carbons (Fsp3) is 0.324. The van der Waals surface area contributed by atoms with Crippen molar-refractivity contribution in [1.82, 2.24) is 0 Å². The van der Waals surface area contributed by atoms with Gasteiger partial charge in [-0.1, -0.05) is 65.7 Å². The van der Waals surface area contributed by atoms with Crippen molar-refractivity contribution in [3.63, 3.8) is 0 Å². The van der Waals surface area contributed by atoms with Gasteiger partial charge in [-0.25, -0.2) is 4.79 Å². The molecule has 0 aromatic heterocycles. The predicted molar refractivity (Wildman–Crippen MR) is 156 cm³/mol. The molecule has 0 saturated heterocycles. The number of aromatic carboxylic acids is 1. The summed E-state index contributed by atoms with van der Waals surface area (Å²) in [4.78, 5) is 11.7. The van der Waals surface area contributed by atoms with E-state index in [1.807, 2.05) is 19.1 Å². The van der Waals surface area contributed by atoms with E-state index in [-0.39, 0.29) is 6.67 Å². The number of carbonyl (C=O) groups is 1. The molecule has 0 atom stereocenters. The van der Waals surface area contributed by atoms with Gasteiger partial charge in [-0.15, -0.1) is 0 Å². The van der Waals surface area contributed by atoms with Gasteiger partial charge >= 0.3 is 5.97 Å². The summed E-state index contributed by atoms with van der Waals surface area (Å²) >= 11 is 6.71. The summed E-state index contributed by atoms with van der Waals surface area (Å²) in [5, 5.41) is 10.4. The van der Waals surface area contributed by atoms with Gasteiger partial charge in [0, 0.05) is 5.02 Å². The Morgan fingerprint density at radius 2 is 1.76 bits per heavy atom. The molecule has 0 heterocycles. The van der Waals surface area contributed by atoms with Crippen LogP contribution in [0.5, 0.6) is 0 Å². The first-order valence-electron chi connectivity index (χ1n) is 13.6. The number of alkyl halides is 1. The minimum atomic E-state index is -0.899. The number of allylic oxidation sites excluding steroid dienone is 2. The van der Waals surface area contributed by atoms with Gasteiger partial charge in [0.05, 0.1) is 12.2 Å². The first kappa shape index (κ1) is 26.4. The van der Waals surface area contributed by atoms with Crippen LogP contribution in [0.1, 0.15) is 87.8 Å². The molecule has 0 spiro atoms. The topological polar surface area (TPSA) is 37.3 Å². The van der Waals surface area contributed by atoms with Gasteiger partial charge in [-0.3, -0.25) is 4.39 Å². The van der Waals surface area contributed by atoms with Crippen molar-refractivity contribution in [2.75, 3.05) is 6.67 Å². The molecule has 38 heavy (non-hydrogen) atoms. The van der Waals surface area contributed by atoms with Crippen molar-refractivity contribution in [3.05, 3.63) is 110 Å². The third kappa shape index (κ3) is 5.35. The van der Waals surface area contributed by atoms with Crippen LogP contribution in [0.25, 0.3) is 17.2 Å². The third-order valence-corrected chi connectivity index (χ3v) is 8.70. The van der Waals surface area contributed by atoms with Crippen LogP contribution < -0.4 is 0 Å². The lowest BCUT2D eigenvalue weighted by molar-refractivity contribution is 0.0696. The summed E-state index contributed by atoms with van der Waals surface area (Å²) in [6.07, 6.45) is 8.73. The van der Waals surface area contributed by atoms with Crippen LogP contribution in [0.2, 0.25) is 5.02 Å². The molecule has 0 unspecified atom stereocenters. The van der Waals surface area contributed by atoms with E-state index in [0.29, 0.717) is 17.9 Å². The summed E-state index contributed by atoms with van der Waals surface area (Å²) in [6.45, 7) is 3.90. The van der Waals surface area contributed by atoms with Crippen molar-refractivity contribution in [2.45, 2.75) is 58.8 Å². The average molecular weight is 529 g/mol. The number of benzene rings is 3. The number of rotatable bonds is 7. The zero-order chi connectivity index (χ0) is 26.8. The van der Waals surface area contributed by atoms with E-state index >= 15 is 0 Å². The minimum Gasteiger partial charge on any atom is -0.478 e. The van der Waals surface area contributed by atoms with E-state index in [0.717, 1.165) is 82.5 Å². The summed E-state index contributed by atoms with van der Waals surface area (Å²) in [5.74, 6) is -0.268. The lowest BCUT2D eigenvalue weighted by Crippen LogP contribution is -2.14. The second-order valence-corrected chi connectivity index (χ2v) is 11.2. The van der Waals surface area contributed by atoms with Crippen LogP contribution >= 0.6 is 11.6 Å². The lowest BCUT2D eigenvalue weighted by Gasteiger charge is -2.29. The zero-order valence-electron chi connectivity index (χ0n) is 22.1. The highest BCUT2D eigenvalue weighted by atomic mass is 35.5. The average Bonchev–Trinajstić information content (AvgIpc) is 3.08. The number of fused-ring (bicyclic) bond motifs is 1. The highest BCUT2D eigenvalue weighted by Gasteiger charge is 2.24. The van der Waals surface area contributed by atoms with Crippen LogP contribution in [-0.4, -0.2) is 17.8 Å². The standard InChI is InChI=1S/C34H34ClFO2/c1-21-8-14-29(22(2)33(21)35)31-7-3-6-27-20-28(34(37)38)13-15-30(27)32(31)26-11-9-23(10-12-26)17-25-18-24(19-25)5-4-16-36/h8-15,17,20,24H,3-7,16,18-19H2,1-2H3,(H,37,38). The van der Waals surface area contributed by atoms with Gasteiger partial charge in [0.1, 0.15) is 0 Å². The second-order valence-electron chi connectivity index (χ2n) is 10.8. The number of halogens is 2. The summed E-state index contributed by atoms with van der Waals surface area (Å²) in [6, 6.07) is 18.5. The number of aryl methyl sites for hydroxylation is 2. The highest BCUT2D eigenvalue weighted by molar-refractivity contribution is 6.32. The molecule has 2 nitrogen and oxygen atoms in total. The number of hydrogen-bond donors (Lipinski definition) is 1. The van der Waals surface area contributed by atoms with Crippen LogP contribution in [0.4, 0.5) is 4.39 Å². The van der Waals surface area contributed by atoms with Crippen molar-refractivity contribution >= 4 is 34.8 Å². The molecule has 2 aliphatic rings. The third-order valence-electron chi connectivity index (χ3n) is 8.12. The normalized spacial score (nSPS) is 17.1. The number of carboxylic acid groups (broad SMARTS) is 1. The zero-order valence-corrected chi connectivity index (χ0v) is 22.9. The molecule has 0 aliphatic heterocycles. The van der Waals surface area contributed by atoms with Gasteiger partial charge < -0.3 is 5.11 Å². The van der Waals surface area contributed by atoms with E-state index in [4.69, 9.17) is 11.6 Å². The van der Waals surface area contributed by atoms with Gasteiger partial charge in [0.15, 0.2) is 0 Å². The molecule has 1 fully saturated rings. The molecule has 5 rings (SSSR count). The van der Waals surface area contributed by atoms with Gasteiger partial charge in [-0.2, -0.15) is 0 Å². The molecular formula is C34H34ClFO2. The Bertz CT molecular complexity index is 1420. The van der Waals surface area contributed by atoms with Crippen LogP contribution in [0, 0.1) is 19.8 Å². The SMILES string of the molecule is Cc1ccc(C2=C(c3ccc(C=C4CC(CCCF)C4)cc3)c3ccc(C(=O)O)cc3CCC2)c(C)c1Cl. The Labute approximate surface area is 229 Å². The fourth-order valence-electron chi connectivity index (χ4n) is 6.02. The molecular weight excluding hydrogens is 495 g/mol. The minimum absolute atomic E-state index is 0.218. The van der Waals surface area contributed by atoms with E-state index in [1.54, 1.807) is 6.07 Å². The fourth-order valence-corrected chi connectivity index (χ4v) is 6.18. The highest BCUT2D eigenvalue weighted by Crippen LogP contribution is 2.43. The molecule has 3 aromatic carbocycles. The van der Waals surface area contributed by atoms with E-state index in [1.165, 1.54) is 16.7 Å². The van der Waals surface area contributed by atoms with Crippen molar-refractivity contribution in [3.8, 4) is 0 Å². The molecule has 1 N–H and O–H groups in total. The van der Waals surface area contributed by atoms with Gasteiger partial charge in [0.2, 0.25) is 0 Å². The molecule has 0 bridgehead atoms. The van der Waals surface area contributed by atoms with Crippen molar-refractivity contribution < 1.29 is 14.3 Å². The quantitative estimate of drug-likeness (QED) is 0.331. The van der Waals surface area contributed by atoms with Crippen molar-refractivity contribution in [2.24, 2.45) is 5.92 Å². The van der Waals surface area contributed by atoms with Crippen LogP contribution in [0.3, 0.4) is 0 Å². The largest absolute Gasteiger partial charge is 0.478 e. The Morgan fingerprint density at radius 1 is 1.03 bits per heavy atom. The Kier molecular flexibility index (Phi) is 7.85. The number of hydrogen-bond acceptors (Lipinski definition) is 1. The summed E-state index contributed by atoms with van der Waals surface area (Å²) in [7, 11) is 0. The first-order chi connectivity index (χ1) is 18.4. The molecule has 1 saturated carbocycles. The van der Waals surface area contributed by atoms with Crippen LogP contribution in [0.15, 0.2) is 60.2 Å². The summed E-state index contributed by atoms with van der Waals surface area (Å²) < 4.78 is 12.5. The van der Waals surface area contributed by atoms with E-state index in [9.17, 15) is 14.3 Å².